The lowest BCUT2D eigenvalue weighted by molar-refractivity contribution is 0.329. The predicted molar refractivity (Wildman–Crippen MR) is 71.8 cm³/mol. The second kappa shape index (κ2) is 5.33. The van der Waals surface area contributed by atoms with Gasteiger partial charge < -0.3 is 13.9 Å². The molecule has 1 aliphatic rings. The second-order valence-electron chi connectivity index (χ2n) is 4.79. The van der Waals surface area contributed by atoms with Crippen molar-refractivity contribution in [3.63, 3.8) is 0 Å². The van der Waals surface area contributed by atoms with Gasteiger partial charge >= 0.3 is 0 Å². The van der Waals surface area contributed by atoms with E-state index < -0.39 is 0 Å². The molecule has 0 saturated heterocycles. The maximum atomic E-state index is 9.06. The van der Waals surface area contributed by atoms with Crippen LogP contribution in [0.5, 0.6) is 0 Å². The first-order valence-corrected chi connectivity index (χ1v) is 6.42. The van der Waals surface area contributed by atoms with E-state index in [2.05, 4.69) is 6.08 Å². The number of furan rings is 2. The molecule has 0 aromatic carbocycles. The minimum Gasteiger partial charge on any atom is -0.469 e. The number of aliphatic hydroxyl groups is 1. The number of allylic oxidation sites excluding steroid dienone is 3. The van der Waals surface area contributed by atoms with E-state index in [-0.39, 0.29) is 6.61 Å². The van der Waals surface area contributed by atoms with E-state index in [0.29, 0.717) is 6.42 Å². The average Bonchev–Trinajstić information content (AvgIpc) is 3.13. The van der Waals surface area contributed by atoms with Crippen molar-refractivity contribution in [1.82, 2.24) is 0 Å². The quantitative estimate of drug-likeness (QED) is 0.893. The Labute approximate surface area is 111 Å². The second-order valence-corrected chi connectivity index (χ2v) is 4.79. The van der Waals surface area contributed by atoms with Crippen molar-refractivity contribution in [2.24, 2.45) is 0 Å². The van der Waals surface area contributed by atoms with Crippen molar-refractivity contribution < 1.29 is 13.9 Å². The number of hydrogen-bond acceptors (Lipinski definition) is 3. The zero-order valence-electron chi connectivity index (χ0n) is 10.6. The zero-order valence-corrected chi connectivity index (χ0v) is 10.6. The maximum absolute atomic E-state index is 9.06. The third-order valence-electron chi connectivity index (χ3n) is 3.26. The normalized spacial score (nSPS) is 14.6. The lowest BCUT2D eigenvalue weighted by Gasteiger charge is -2.01. The van der Waals surface area contributed by atoms with Gasteiger partial charge in [0.2, 0.25) is 0 Å². The summed E-state index contributed by atoms with van der Waals surface area (Å²) in [6.45, 7) is 0.141. The molecule has 3 heteroatoms. The van der Waals surface area contributed by atoms with Crippen LogP contribution in [-0.4, -0.2) is 11.7 Å². The van der Waals surface area contributed by atoms with E-state index in [0.717, 1.165) is 35.7 Å². The summed E-state index contributed by atoms with van der Waals surface area (Å²) in [6.07, 6.45) is 8.07. The van der Waals surface area contributed by atoms with Crippen LogP contribution in [0.2, 0.25) is 0 Å². The molecular weight excluding hydrogens is 240 g/mol. The largest absolute Gasteiger partial charge is 0.469 e. The number of hydrogen-bond donors (Lipinski definition) is 1. The third kappa shape index (κ3) is 2.88. The Morgan fingerprint density at radius 1 is 0.947 bits per heavy atom. The molecule has 0 fully saturated rings. The first kappa shape index (κ1) is 12.1. The van der Waals surface area contributed by atoms with Gasteiger partial charge in [0.25, 0.3) is 0 Å². The molecule has 0 radical (unpaired) electrons. The fraction of sp³-hybridized carbons (Fsp3) is 0.250. The fourth-order valence-corrected chi connectivity index (χ4v) is 2.30. The summed E-state index contributed by atoms with van der Waals surface area (Å²) >= 11 is 0. The van der Waals surface area contributed by atoms with Gasteiger partial charge in [-0.15, -0.1) is 0 Å². The highest BCUT2D eigenvalue weighted by Crippen LogP contribution is 2.23. The molecule has 0 saturated carbocycles. The van der Waals surface area contributed by atoms with Crippen LogP contribution in [0.15, 0.2) is 62.7 Å². The van der Waals surface area contributed by atoms with E-state index >= 15 is 0 Å². The summed E-state index contributed by atoms with van der Waals surface area (Å²) in [6, 6.07) is 7.83. The molecule has 2 heterocycles. The van der Waals surface area contributed by atoms with Gasteiger partial charge in [-0.05, 0) is 36.3 Å². The molecule has 0 atom stereocenters. The summed E-state index contributed by atoms with van der Waals surface area (Å²) < 4.78 is 11.1. The summed E-state index contributed by atoms with van der Waals surface area (Å²) in [4.78, 5) is 0. The molecular formula is C16H16O3. The van der Waals surface area contributed by atoms with Crippen molar-refractivity contribution in [3.8, 4) is 0 Å². The van der Waals surface area contributed by atoms with Crippen LogP contribution >= 0.6 is 0 Å². The van der Waals surface area contributed by atoms with Crippen LogP contribution in [0.4, 0.5) is 0 Å². The molecule has 1 N–H and O–H groups in total. The van der Waals surface area contributed by atoms with Gasteiger partial charge in [-0.3, -0.25) is 0 Å². The molecule has 3 nitrogen and oxygen atoms in total. The number of rotatable bonds is 5. The van der Waals surface area contributed by atoms with Crippen molar-refractivity contribution in [2.45, 2.75) is 19.3 Å². The summed E-state index contributed by atoms with van der Waals surface area (Å²) in [5, 5.41) is 9.06. The van der Waals surface area contributed by atoms with Gasteiger partial charge in [-0.1, -0.05) is 17.7 Å². The average molecular weight is 256 g/mol. The Kier molecular flexibility index (Phi) is 3.38. The first-order valence-electron chi connectivity index (χ1n) is 6.42. The van der Waals surface area contributed by atoms with Gasteiger partial charge in [0.15, 0.2) is 0 Å². The Balaban J connectivity index is 1.60. The highest BCUT2D eigenvalue weighted by atomic mass is 16.3. The van der Waals surface area contributed by atoms with Crippen molar-refractivity contribution in [2.75, 3.05) is 6.61 Å². The smallest absolute Gasteiger partial charge is 0.111 e. The SMILES string of the molecule is OCC1=CC=C(Cc2ccc(Cc3ccco3)o2)C1. The lowest BCUT2D eigenvalue weighted by Crippen LogP contribution is -1.91. The standard InChI is InChI=1S/C16H16O3/c17-11-13-4-3-12(8-13)9-15-5-6-16(19-15)10-14-2-1-7-18-14/h1-7,17H,8-11H2. The molecule has 0 spiro atoms. The van der Waals surface area contributed by atoms with Gasteiger partial charge in [0.1, 0.15) is 17.3 Å². The van der Waals surface area contributed by atoms with Crippen LogP contribution in [0.1, 0.15) is 23.7 Å². The van der Waals surface area contributed by atoms with Gasteiger partial charge in [-0.2, -0.15) is 0 Å². The van der Waals surface area contributed by atoms with Crippen LogP contribution in [0.25, 0.3) is 0 Å². The van der Waals surface area contributed by atoms with Crippen molar-refractivity contribution in [1.29, 1.82) is 0 Å². The van der Waals surface area contributed by atoms with Crippen LogP contribution in [0.3, 0.4) is 0 Å². The summed E-state index contributed by atoms with van der Waals surface area (Å²) in [7, 11) is 0. The van der Waals surface area contributed by atoms with E-state index in [9.17, 15) is 0 Å². The molecule has 2 aromatic heterocycles. The molecule has 19 heavy (non-hydrogen) atoms. The molecule has 98 valence electrons. The third-order valence-corrected chi connectivity index (χ3v) is 3.26. The fourth-order valence-electron chi connectivity index (χ4n) is 2.30. The Bertz CT molecular complexity index is 600. The Morgan fingerprint density at radius 2 is 1.74 bits per heavy atom. The topological polar surface area (TPSA) is 46.5 Å². The lowest BCUT2D eigenvalue weighted by atomic mass is 10.1. The maximum Gasteiger partial charge on any atom is 0.111 e. The number of aliphatic hydroxyl groups excluding tert-OH is 1. The first-order chi connectivity index (χ1) is 9.33. The van der Waals surface area contributed by atoms with Gasteiger partial charge in [0.05, 0.1) is 19.3 Å². The van der Waals surface area contributed by atoms with E-state index in [4.69, 9.17) is 13.9 Å². The minimum atomic E-state index is 0.141. The molecule has 0 bridgehead atoms. The Morgan fingerprint density at radius 3 is 2.42 bits per heavy atom. The minimum absolute atomic E-state index is 0.141. The van der Waals surface area contributed by atoms with E-state index in [1.807, 2.05) is 30.3 Å². The molecule has 0 aliphatic heterocycles. The zero-order chi connectivity index (χ0) is 13.1. The van der Waals surface area contributed by atoms with Crippen molar-refractivity contribution >= 4 is 0 Å². The monoisotopic (exact) mass is 256 g/mol. The molecule has 2 aromatic rings. The van der Waals surface area contributed by atoms with Gasteiger partial charge in [0, 0.05) is 6.42 Å². The van der Waals surface area contributed by atoms with Gasteiger partial charge in [-0.25, -0.2) is 0 Å². The summed E-state index contributed by atoms with van der Waals surface area (Å²) in [5.41, 5.74) is 2.35. The van der Waals surface area contributed by atoms with Crippen LogP contribution < -0.4 is 0 Å². The summed E-state index contributed by atoms with van der Waals surface area (Å²) in [5.74, 6) is 2.78. The Hall–Kier alpha value is -2.00. The molecule has 0 unspecified atom stereocenters. The van der Waals surface area contributed by atoms with Crippen LogP contribution in [0, 0.1) is 0 Å². The van der Waals surface area contributed by atoms with E-state index in [1.165, 1.54) is 5.57 Å². The molecule has 0 amide bonds. The molecule has 3 rings (SSSR count). The highest BCUT2D eigenvalue weighted by Gasteiger charge is 2.11. The van der Waals surface area contributed by atoms with Crippen LogP contribution in [-0.2, 0) is 12.8 Å². The van der Waals surface area contributed by atoms with Crippen molar-refractivity contribution in [3.05, 3.63) is 71.1 Å². The van der Waals surface area contributed by atoms with E-state index in [1.54, 1.807) is 6.26 Å². The highest BCUT2D eigenvalue weighted by molar-refractivity contribution is 5.33. The molecule has 1 aliphatic carbocycles. The predicted octanol–water partition coefficient (Wildman–Crippen LogP) is 3.25.